The van der Waals surface area contributed by atoms with Gasteiger partial charge in [0.1, 0.15) is 0 Å². The summed E-state index contributed by atoms with van der Waals surface area (Å²) < 4.78 is 28.7. The molecular weight excluding hydrogens is 313 g/mol. The van der Waals surface area contributed by atoms with E-state index in [2.05, 4.69) is 27.7 Å². The Labute approximate surface area is 99.1 Å². The first-order chi connectivity index (χ1) is 7.16. The summed E-state index contributed by atoms with van der Waals surface area (Å²) in [6.07, 6.45) is 3.43. The van der Waals surface area contributed by atoms with Gasteiger partial charge in [-0.1, -0.05) is 12.1 Å². The van der Waals surface area contributed by atoms with E-state index in [0.717, 1.165) is 9.64 Å². The Bertz CT molecular complexity index is 482. The number of hydrogen-bond acceptors (Lipinski definition) is 1. The minimum atomic E-state index is -0.825. The maximum absolute atomic E-state index is 13.3. The highest BCUT2D eigenvalue weighted by atomic mass is 127. The zero-order valence-electron chi connectivity index (χ0n) is 7.62. The molecule has 0 bridgehead atoms. The van der Waals surface area contributed by atoms with E-state index < -0.39 is 11.6 Å². The van der Waals surface area contributed by atoms with Crippen LogP contribution in [0.3, 0.4) is 0 Å². The largest absolute Gasteiger partial charge is 0.267 e. The molecule has 15 heavy (non-hydrogen) atoms. The summed E-state index contributed by atoms with van der Waals surface area (Å²) in [5.41, 5.74) is 0.300. The molecule has 0 aliphatic heterocycles. The Morgan fingerprint density at radius 3 is 2.80 bits per heavy atom. The summed E-state index contributed by atoms with van der Waals surface area (Å²) in [5, 5.41) is 4.00. The summed E-state index contributed by atoms with van der Waals surface area (Å²) >= 11 is 2.11. The quantitative estimate of drug-likeness (QED) is 0.778. The fraction of sp³-hybridized carbons (Fsp3) is 0.100. The van der Waals surface area contributed by atoms with Gasteiger partial charge in [0, 0.05) is 11.8 Å². The second-order valence-corrected chi connectivity index (χ2v) is 4.31. The van der Waals surface area contributed by atoms with E-state index in [4.69, 9.17) is 0 Å². The molecule has 2 aromatic rings. The van der Waals surface area contributed by atoms with Gasteiger partial charge >= 0.3 is 0 Å². The van der Waals surface area contributed by atoms with Gasteiger partial charge in [0.25, 0.3) is 0 Å². The van der Waals surface area contributed by atoms with Crippen molar-refractivity contribution < 1.29 is 8.78 Å². The summed E-state index contributed by atoms with van der Waals surface area (Å²) in [7, 11) is 0. The first-order valence-corrected chi connectivity index (χ1v) is 5.35. The van der Waals surface area contributed by atoms with Gasteiger partial charge in [0.2, 0.25) is 0 Å². The van der Waals surface area contributed by atoms with Crippen LogP contribution >= 0.6 is 22.6 Å². The van der Waals surface area contributed by atoms with Crippen LogP contribution in [0.4, 0.5) is 8.78 Å². The molecule has 5 heteroatoms. The molecule has 0 N–H and O–H groups in total. The van der Waals surface area contributed by atoms with E-state index in [1.54, 1.807) is 23.1 Å². The molecule has 0 aliphatic rings. The monoisotopic (exact) mass is 320 g/mol. The van der Waals surface area contributed by atoms with Gasteiger partial charge in [-0.3, -0.25) is 4.68 Å². The van der Waals surface area contributed by atoms with Crippen LogP contribution in [-0.2, 0) is 6.54 Å². The minimum absolute atomic E-state index is 0.243. The van der Waals surface area contributed by atoms with Crippen molar-refractivity contribution in [3.05, 3.63) is 51.4 Å². The van der Waals surface area contributed by atoms with E-state index in [9.17, 15) is 8.78 Å². The van der Waals surface area contributed by atoms with E-state index in [1.165, 1.54) is 6.07 Å². The SMILES string of the molecule is Fc1cccc(Cn2cc(I)cn2)c1F. The van der Waals surface area contributed by atoms with Crippen molar-refractivity contribution in [3.63, 3.8) is 0 Å². The molecule has 0 aliphatic carbocycles. The average molecular weight is 320 g/mol. The highest BCUT2D eigenvalue weighted by molar-refractivity contribution is 14.1. The van der Waals surface area contributed by atoms with Gasteiger partial charge in [0.15, 0.2) is 11.6 Å². The lowest BCUT2D eigenvalue weighted by Gasteiger charge is -2.03. The Morgan fingerprint density at radius 2 is 2.13 bits per heavy atom. The average Bonchev–Trinajstić information content (AvgIpc) is 2.59. The topological polar surface area (TPSA) is 17.8 Å². The van der Waals surface area contributed by atoms with E-state index in [1.807, 2.05) is 0 Å². The number of halogens is 3. The lowest BCUT2D eigenvalue weighted by molar-refractivity contribution is 0.492. The Morgan fingerprint density at radius 1 is 1.33 bits per heavy atom. The highest BCUT2D eigenvalue weighted by Gasteiger charge is 2.08. The summed E-state index contributed by atoms with van der Waals surface area (Å²) in [6.45, 7) is 0.243. The third-order valence-corrected chi connectivity index (χ3v) is 2.52. The molecule has 0 fully saturated rings. The summed E-state index contributed by atoms with van der Waals surface area (Å²) in [6, 6.07) is 4.14. The van der Waals surface area contributed by atoms with Crippen LogP contribution in [0.1, 0.15) is 5.56 Å². The van der Waals surface area contributed by atoms with Gasteiger partial charge < -0.3 is 0 Å². The summed E-state index contributed by atoms with van der Waals surface area (Å²) in [5.74, 6) is -1.63. The van der Waals surface area contributed by atoms with Crippen LogP contribution in [0.15, 0.2) is 30.6 Å². The van der Waals surface area contributed by atoms with Crippen molar-refractivity contribution in [2.45, 2.75) is 6.54 Å². The molecule has 0 unspecified atom stereocenters. The van der Waals surface area contributed by atoms with Gasteiger partial charge in [-0.15, -0.1) is 0 Å². The van der Waals surface area contributed by atoms with E-state index >= 15 is 0 Å². The molecular formula is C10H7F2IN2. The lowest BCUT2D eigenvalue weighted by Crippen LogP contribution is -2.03. The van der Waals surface area contributed by atoms with Crippen molar-refractivity contribution >= 4 is 22.6 Å². The van der Waals surface area contributed by atoms with Crippen LogP contribution in [-0.4, -0.2) is 9.78 Å². The second kappa shape index (κ2) is 4.26. The number of benzene rings is 1. The predicted molar refractivity (Wildman–Crippen MR) is 60.4 cm³/mol. The van der Waals surface area contributed by atoms with Gasteiger partial charge in [-0.25, -0.2) is 8.78 Å². The highest BCUT2D eigenvalue weighted by Crippen LogP contribution is 2.13. The third-order valence-electron chi connectivity index (χ3n) is 1.97. The molecule has 0 amide bonds. The maximum Gasteiger partial charge on any atom is 0.163 e. The number of hydrogen-bond donors (Lipinski definition) is 0. The van der Waals surface area contributed by atoms with E-state index in [0.29, 0.717) is 5.56 Å². The zero-order chi connectivity index (χ0) is 10.8. The van der Waals surface area contributed by atoms with Crippen LogP contribution in [0.5, 0.6) is 0 Å². The molecule has 2 nitrogen and oxygen atoms in total. The number of aromatic nitrogens is 2. The standard InChI is InChI=1S/C10H7F2IN2/c11-9-3-1-2-7(10(9)12)5-15-6-8(13)4-14-15/h1-4,6H,5H2. The fourth-order valence-corrected chi connectivity index (χ4v) is 1.72. The minimum Gasteiger partial charge on any atom is -0.267 e. The van der Waals surface area contributed by atoms with Gasteiger partial charge in [-0.2, -0.15) is 5.10 Å². The molecule has 2 rings (SSSR count). The Kier molecular flexibility index (Phi) is 2.99. The molecule has 1 aromatic carbocycles. The van der Waals surface area contributed by atoms with Crippen molar-refractivity contribution in [2.75, 3.05) is 0 Å². The van der Waals surface area contributed by atoms with Crippen LogP contribution < -0.4 is 0 Å². The van der Waals surface area contributed by atoms with Crippen LogP contribution in [0.25, 0.3) is 0 Å². The molecule has 0 spiro atoms. The van der Waals surface area contributed by atoms with Crippen LogP contribution in [0, 0.1) is 15.2 Å². The Balaban J connectivity index is 2.28. The number of rotatable bonds is 2. The van der Waals surface area contributed by atoms with Crippen molar-refractivity contribution in [1.82, 2.24) is 9.78 Å². The second-order valence-electron chi connectivity index (χ2n) is 3.07. The summed E-state index contributed by atoms with van der Waals surface area (Å²) in [4.78, 5) is 0. The lowest BCUT2D eigenvalue weighted by atomic mass is 10.2. The fourth-order valence-electron chi connectivity index (χ4n) is 1.27. The number of nitrogens with zero attached hydrogens (tertiary/aromatic N) is 2. The molecule has 0 atom stereocenters. The molecule has 0 saturated carbocycles. The van der Waals surface area contributed by atoms with Crippen molar-refractivity contribution in [3.8, 4) is 0 Å². The van der Waals surface area contributed by atoms with Crippen molar-refractivity contribution in [1.29, 1.82) is 0 Å². The smallest absolute Gasteiger partial charge is 0.163 e. The van der Waals surface area contributed by atoms with Crippen molar-refractivity contribution in [2.24, 2.45) is 0 Å². The molecule has 1 heterocycles. The third kappa shape index (κ3) is 2.34. The van der Waals surface area contributed by atoms with Gasteiger partial charge in [0.05, 0.1) is 16.3 Å². The van der Waals surface area contributed by atoms with Crippen LogP contribution in [0.2, 0.25) is 0 Å². The first-order valence-electron chi connectivity index (χ1n) is 4.27. The van der Waals surface area contributed by atoms with Gasteiger partial charge in [-0.05, 0) is 28.7 Å². The maximum atomic E-state index is 13.3. The first kappa shape index (κ1) is 10.5. The molecule has 78 valence electrons. The molecule has 0 radical (unpaired) electrons. The molecule has 1 aromatic heterocycles. The Hall–Kier alpha value is -0.980. The normalized spacial score (nSPS) is 10.6. The van der Waals surface area contributed by atoms with E-state index in [-0.39, 0.29) is 6.54 Å². The predicted octanol–water partition coefficient (Wildman–Crippen LogP) is 2.81. The molecule has 0 saturated heterocycles. The zero-order valence-corrected chi connectivity index (χ0v) is 9.78.